The highest BCUT2D eigenvalue weighted by molar-refractivity contribution is 7.87. The van der Waals surface area contributed by atoms with Gasteiger partial charge in [0.25, 0.3) is 10.2 Å². The second-order valence-corrected chi connectivity index (χ2v) is 5.91. The van der Waals surface area contributed by atoms with Gasteiger partial charge in [-0.3, -0.25) is 4.98 Å². The zero-order valence-electron chi connectivity index (χ0n) is 10.6. The number of rotatable bonds is 5. The molecule has 2 aromatic heterocycles. The van der Waals surface area contributed by atoms with Gasteiger partial charge in [0, 0.05) is 26.5 Å². The van der Waals surface area contributed by atoms with Crippen LogP contribution in [0.15, 0.2) is 35.2 Å². The summed E-state index contributed by atoms with van der Waals surface area (Å²) in [6.45, 7) is 0.0460. The molecule has 0 saturated heterocycles. The van der Waals surface area contributed by atoms with E-state index in [1.54, 1.807) is 12.1 Å². The van der Waals surface area contributed by atoms with Gasteiger partial charge in [0.05, 0.1) is 18.5 Å². The zero-order valence-corrected chi connectivity index (χ0v) is 11.4. The molecule has 0 unspecified atom stereocenters. The molecule has 0 aromatic carbocycles. The number of furan rings is 1. The van der Waals surface area contributed by atoms with E-state index in [0.717, 1.165) is 4.31 Å². The number of hydrogen-bond donors (Lipinski definition) is 1. The zero-order chi connectivity index (χ0) is 13.9. The van der Waals surface area contributed by atoms with Crippen LogP contribution in [0.1, 0.15) is 5.69 Å². The van der Waals surface area contributed by atoms with Gasteiger partial charge in [-0.25, -0.2) is 4.98 Å². The highest BCUT2D eigenvalue weighted by atomic mass is 32.2. The summed E-state index contributed by atoms with van der Waals surface area (Å²) in [4.78, 5) is 8.29. The molecule has 8 heteroatoms. The molecule has 0 bridgehead atoms. The van der Waals surface area contributed by atoms with Crippen LogP contribution in [0, 0.1) is 0 Å². The molecule has 19 heavy (non-hydrogen) atoms. The van der Waals surface area contributed by atoms with Gasteiger partial charge in [-0.15, -0.1) is 0 Å². The maximum Gasteiger partial charge on any atom is 0.279 e. The molecule has 0 fully saturated rings. The summed E-state index contributed by atoms with van der Waals surface area (Å²) in [5.41, 5.74) is 1.02. The Morgan fingerprint density at radius 3 is 2.68 bits per heavy atom. The molecule has 2 aromatic rings. The van der Waals surface area contributed by atoms with Crippen LogP contribution in [0.3, 0.4) is 0 Å². The first kappa shape index (κ1) is 13.7. The lowest BCUT2D eigenvalue weighted by molar-refractivity contribution is 0.504. The summed E-state index contributed by atoms with van der Waals surface area (Å²) in [6, 6.07) is 3.48. The maximum absolute atomic E-state index is 11.6. The van der Waals surface area contributed by atoms with Gasteiger partial charge in [-0.1, -0.05) is 0 Å². The van der Waals surface area contributed by atoms with E-state index in [0.29, 0.717) is 17.1 Å². The normalized spacial score (nSPS) is 11.9. The van der Waals surface area contributed by atoms with Gasteiger partial charge in [-0.05, 0) is 12.1 Å². The van der Waals surface area contributed by atoms with E-state index in [1.165, 1.54) is 32.8 Å². The van der Waals surface area contributed by atoms with Crippen LogP contribution in [-0.2, 0) is 16.8 Å². The van der Waals surface area contributed by atoms with Crippen LogP contribution in [0.25, 0.3) is 11.5 Å². The van der Waals surface area contributed by atoms with Crippen molar-refractivity contribution in [3.05, 3.63) is 36.5 Å². The Morgan fingerprint density at radius 1 is 1.32 bits per heavy atom. The molecule has 0 aliphatic heterocycles. The molecule has 1 N–H and O–H groups in total. The van der Waals surface area contributed by atoms with Gasteiger partial charge in [-0.2, -0.15) is 17.4 Å². The van der Waals surface area contributed by atoms with Crippen molar-refractivity contribution in [3.63, 3.8) is 0 Å². The standard InChI is InChI=1S/C11H14N4O3S/c1-15(2)19(16,17)14-8-9-11(13-6-5-12-9)10-4-3-7-18-10/h3-7,14H,8H2,1-2H3. The van der Waals surface area contributed by atoms with Crippen LogP contribution in [0.4, 0.5) is 0 Å². The Kier molecular flexibility index (Phi) is 3.93. The molecule has 0 saturated carbocycles. The fourth-order valence-electron chi connectivity index (χ4n) is 1.40. The minimum atomic E-state index is -3.50. The lowest BCUT2D eigenvalue weighted by Gasteiger charge is -2.12. The van der Waals surface area contributed by atoms with Crippen LogP contribution < -0.4 is 4.72 Å². The minimum absolute atomic E-state index is 0.0460. The van der Waals surface area contributed by atoms with Gasteiger partial charge >= 0.3 is 0 Å². The monoisotopic (exact) mass is 282 g/mol. The first-order valence-electron chi connectivity index (χ1n) is 5.51. The molecule has 0 radical (unpaired) electrons. The fraction of sp³-hybridized carbons (Fsp3) is 0.273. The lowest BCUT2D eigenvalue weighted by Crippen LogP contribution is -2.35. The van der Waals surface area contributed by atoms with E-state index in [1.807, 2.05) is 0 Å². The Bertz CT molecular complexity index is 638. The van der Waals surface area contributed by atoms with E-state index in [9.17, 15) is 8.42 Å². The van der Waals surface area contributed by atoms with E-state index < -0.39 is 10.2 Å². The highest BCUT2D eigenvalue weighted by Gasteiger charge is 2.16. The number of nitrogens with zero attached hydrogens (tertiary/aromatic N) is 3. The Balaban J connectivity index is 2.23. The van der Waals surface area contributed by atoms with Crippen molar-refractivity contribution < 1.29 is 12.8 Å². The molecule has 7 nitrogen and oxygen atoms in total. The molecule has 102 valence electrons. The quantitative estimate of drug-likeness (QED) is 0.869. The van der Waals surface area contributed by atoms with E-state index in [-0.39, 0.29) is 6.54 Å². The van der Waals surface area contributed by atoms with Crippen LogP contribution >= 0.6 is 0 Å². The number of hydrogen-bond acceptors (Lipinski definition) is 5. The lowest BCUT2D eigenvalue weighted by atomic mass is 10.2. The summed E-state index contributed by atoms with van der Waals surface area (Å²) >= 11 is 0. The number of nitrogens with one attached hydrogen (secondary N) is 1. The molecule has 2 heterocycles. The molecule has 0 aliphatic carbocycles. The van der Waals surface area contributed by atoms with E-state index >= 15 is 0 Å². The third kappa shape index (κ3) is 3.16. The fourth-order valence-corrected chi connectivity index (χ4v) is 1.98. The van der Waals surface area contributed by atoms with E-state index in [2.05, 4.69) is 14.7 Å². The summed E-state index contributed by atoms with van der Waals surface area (Å²) in [7, 11) is -0.595. The third-order valence-electron chi connectivity index (χ3n) is 2.43. The van der Waals surface area contributed by atoms with Crippen molar-refractivity contribution in [3.8, 4) is 11.5 Å². The van der Waals surface area contributed by atoms with Crippen molar-refractivity contribution in [1.29, 1.82) is 0 Å². The second-order valence-electron chi connectivity index (χ2n) is 3.94. The van der Waals surface area contributed by atoms with Crippen molar-refractivity contribution in [1.82, 2.24) is 19.0 Å². The number of aromatic nitrogens is 2. The summed E-state index contributed by atoms with van der Waals surface area (Å²) in [6.07, 6.45) is 4.56. The molecule has 0 atom stereocenters. The Labute approximate surface area is 111 Å². The largest absolute Gasteiger partial charge is 0.463 e. The predicted molar refractivity (Wildman–Crippen MR) is 69.2 cm³/mol. The average Bonchev–Trinajstić information content (AvgIpc) is 2.90. The first-order valence-corrected chi connectivity index (χ1v) is 6.95. The first-order chi connectivity index (χ1) is 9.00. The van der Waals surface area contributed by atoms with Gasteiger partial charge < -0.3 is 4.42 Å². The highest BCUT2D eigenvalue weighted by Crippen LogP contribution is 2.19. The SMILES string of the molecule is CN(C)S(=O)(=O)NCc1nccnc1-c1ccco1. The topological polar surface area (TPSA) is 88.3 Å². The molecule has 0 amide bonds. The third-order valence-corrected chi connectivity index (χ3v) is 3.90. The van der Waals surface area contributed by atoms with Crippen LogP contribution in [0.5, 0.6) is 0 Å². The van der Waals surface area contributed by atoms with Gasteiger partial charge in [0.2, 0.25) is 0 Å². The van der Waals surface area contributed by atoms with Crippen molar-refractivity contribution in [2.75, 3.05) is 14.1 Å². The maximum atomic E-state index is 11.6. The average molecular weight is 282 g/mol. The Hall–Kier alpha value is -1.77. The second kappa shape index (κ2) is 5.47. The van der Waals surface area contributed by atoms with Gasteiger partial charge in [0.15, 0.2) is 5.76 Å². The summed E-state index contributed by atoms with van der Waals surface area (Å²) in [5.74, 6) is 0.548. The predicted octanol–water partition coefficient (Wildman–Crippen LogP) is 0.633. The molecular formula is C11H14N4O3S. The summed E-state index contributed by atoms with van der Waals surface area (Å²) in [5, 5.41) is 0. The minimum Gasteiger partial charge on any atom is -0.463 e. The molecule has 0 aliphatic rings. The van der Waals surface area contributed by atoms with Crippen molar-refractivity contribution in [2.24, 2.45) is 0 Å². The van der Waals surface area contributed by atoms with Crippen LogP contribution in [0.2, 0.25) is 0 Å². The van der Waals surface area contributed by atoms with E-state index in [4.69, 9.17) is 4.42 Å². The Morgan fingerprint density at radius 2 is 2.05 bits per heavy atom. The molecule has 0 spiro atoms. The summed E-state index contributed by atoms with van der Waals surface area (Å²) < 4.78 is 32.1. The van der Waals surface area contributed by atoms with Crippen molar-refractivity contribution in [2.45, 2.75) is 6.54 Å². The van der Waals surface area contributed by atoms with Gasteiger partial charge in [0.1, 0.15) is 5.69 Å². The molecule has 2 rings (SSSR count). The smallest absolute Gasteiger partial charge is 0.279 e. The van der Waals surface area contributed by atoms with Crippen LogP contribution in [-0.4, -0.2) is 36.8 Å². The molecular weight excluding hydrogens is 268 g/mol. The van der Waals surface area contributed by atoms with Crippen molar-refractivity contribution >= 4 is 10.2 Å².